The van der Waals surface area contributed by atoms with Gasteiger partial charge in [-0.3, -0.25) is 4.79 Å². The van der Waals surface area contributed by atoms with Crippen molar-refractivity contribution in [2.75, 3.05) is 7.11 Å². The molecule has 29 heavy (non-hydrogen) atoms. The van der Waals surface area contributed by atoms with Gasteiger partial charge in [-0.2, -0.15) is 0 Å². The minimum absolute atomic E-state index is 0.0247. The van der Waals surface area contributed by atoms with E-state index in [1.54, 1.807) is 19.2 Å². The molecule has 0 bridgehead atoms. The Morgan fingerprint density at radius 1 is 1.07 bits per heavy atom. The third-order valence-corrected chi connectivity index (χ3v) is 5.61. The largest absolute Gasteiger partial charge is 0.493 e. The molecule has 1 fully saturated rings. The number of allylic oxidation sites excluding steroid dienone is 1. The summed E-state index contributed by atoms with van der Waals surface area (Å²) in [7, 11) is 1.57. The summed E-state index contributed by atoms with van der Waals surface area (Å²) in [4.78, 5) is 12.9. The summed E-state index contributed by atoms with van der Waals surface area (Å²) in [5.41, 5.74) is 1.07. The van der Waals surface area contributed by atoms with Gasteiger partial charge in [-0.25, -0.2) is 0 Å². The van der Waals surface area contributed by atoms with E-state index in [2.05, 4.69) is 0 Å². The van der Waals surface area contributed by atoms with Crippen molar-refractivity contribution in [2.24, 2.45) is 5.92 Å². The number of ether oxygens (including phenoxy) is 4. The number of fused-ring (bicyclic) bond motifs is 1. The molecule has 1 heterocycles. The topological polar surface area (TPSA) is 54.0 Å². The second-order valence-corrected chi connectivity index (χ2v) is 7.69. The van der Waals surface area contributed by atoms with Gasteiger partial charge in [0.1, 0.15) is 12.4 Å². The van der Waals surface area contributed by atoms with Crippen molar-refractivity contribution in [3.05, 3.63) is 71.1 Å². The first-order valence-electron chi connectivity index (χ1n) is 9.71. The van der Waals surface area contributed by atoms with Crippen LogP contribution in [0.5, 0.6) is 11.5 Å². The summed E-state index contributed by atoms with van der Waals surface area (Å²) in [6, 6.07) is 14.9. The summed E-state index contributed by atoms with van der Waals surface area (Å²) in [5, 5.41) is 0.710. The zero-order valence-corrected chi connectivity index (χ0v) is 16.9. The molecular formula is C23H23ClO5. The molecule has 0 saturated heterocycles. The zero-order valence-electron chi connectivity index (χ0n) is 16.2. The molecule has 5 nitrogen and oxygen atoms in total. The second-order valence-electron chi connectivity index (χ2n) is 7.25. The van der Waals surface area contributed by atoms with Gasteiger partial charge in [-0.1, -0.05) is 35.9 Å². The molecule has 0 radical (unpaired) electrons. The van der Waals surface area contributed by atoms with Crippen LogP contribution in [0.15, 0.2) is 60.6 Å². The lowest BCUT2D eigenvalue weighted by molar-refractivity contribution is -0.134. The predicted molar refractivity (Wildman–Crippen MR) is 109 cm³/mol. The highest BCUT2D eigenvalue weighted by Crippen LogP contribution is 2.36. The van der Waals surface area contributed by atoms with Gasteiger partial charge < -0.3 is 18.9 Å². The van der Waals surface area contributed by atoms with Crippen molar-refractivity contribution in [1.82, 2.24) is 0 Å². The van der Waals surface area contributed by atoms with Crippen LogP contribution in [0.3, 0.4) is 0 Å². The molecular weight excluding hydrogens is 392 g/mol. The van der Waals surface area contributed by atoms with Crippen LogP contribution in [0.4, 0.5) is 0 Å². The number of benzene rings is 2. The fraction of sp³-hybridized carbons (Fsp3) is 0.348. The van der Waals surface area contributed by atoms with Crippen LogP contribution in [0.2, 0.25) is 5.02 Å². The quantitative estimate of drug-likeness (QED) is 0.671. The Morgan fingerprint density at radius 2 is 1.83 bits per heavy atom. The molecule has 0 aromatic heterocycles. The molecule has 0 spiro atoms. The summed E-state index contributed by atoms with van der Waals surface area (Å²) in [6.07, 6.45) is 3.51. The Hall–Kier alpha value is -2.50. The van der Waals surface area contributed by atoms with Gasteiger partial charge in [-0.15, -0.1) is 0 Å². The third-order valence-electron chi connectivity index (χ3n) is 5.36. The van der Waals surface area contributed by atoms with Crippen LogP contribution < -0.4 is 9.47 Å². The summed E-state index contributed by atoms with van der Waals surface area (Å²) in [6.45, 7) is 0.519. The number of ketones is 1. The lowest BCUT2D eigenvalue weighted by Crippen LogP contribution is -2.42. The van der Waals surface area contributed by atoms with E-state index in [1.807, 2.05) is 36.4 Å². The maximum atomic E-state index is 12.9. The number of halogens is 1. The summed E-state index contributed by atoms with van der Waals surface area (Å²) < 4.78 is 23.0. The Bertz CT molecular complexity index is 892. The molecule has 3 unspecified atom stereocenters. The van der Waals surface area contributed by atoms with Crippen LogP contribution >= 0.6 is 11.6 Å². The number of methoxy groups -OCH3 is 1. The van der Waals surface area contributed by atoms with Crippen LogP contribution in [0.1, 0.15) is 24.8 Å². The van der Waals surface area contributed by atoms with Gasteiger partial charge in [0.05, 0.1) is 25.7 Å². The number of carbonyl (C=O) groups excluding carboxylic acids is 1. The van der Waals surface area contributed by atoms with Gasteiger partial charge in [0.25, 0.3) is 0 Å². The third kappa shape index (κ3) is 4.57. The number of carbonyl (C=O) groups is 1. The van der Waals surface area contributed by atoms with E-state index in [4.69, 9.17) is 30.5 Å². The number of hydrogen-bond donors (Lipinski definition) is 0. The summed E-state index contributed by atoms with van der Waals surface area (Å²) >= 11 is 5.92. The molecule has 2 aromatic rings. The lowest BCUT2D eigenvalue weighted by Gasteiger charge is -2.37. The van der Waals surface area contributed by atoms with Crippen molar-refractivity contribution in [1.29, 1.82) is 0 Å². The first-order valence-corrected chi connectivity index (χ1v) is 10.1. The number of para-hydroxylation sites is 2. The number of hydrogen-bond acceptors (Lipinski definition) is 5. The molecule has 4 rings (SSSR count). The van der Waals surface area contributed by atoms with Crippen molar-refractivity contribution < 1.29 is 23.7 Å². The lowest BCUT2D eigenvalue weighted by atomic mass is 9.80. The second kappa shape index (κ2) is 8.89. The van der Waals surface area contributed by atoms with Gasteiger partial charge >= 0.3 is 0 Å². The van der Waals surface area contributed by atoms with Crippen molar-refractivity contribution in [3.63, 3.8) is 0 Å². The normalized spacial score (nSPS) is 23.6. The van der Waals surface area contributed by atoms with Crippen molar-refractivity contribution in [3.8, 4) is 11.5 Å². The van der Waals surface area contributed by atoms with Gasteiger partial charge in [-0.05, 0) is 42.7 Å². The van der Waals surface area contributed by atoms with Crippen LogP contribution in [-0.4, -0.2) is 25.1 Å². The van der Waals surface area contributed by atoms with Gasteiger partial charge in [0.15, 0.2) is 11.5 Å². The van der Waals surface area contributed by atoms with Crippen LogP contribution in [0, 0.1) is 5.92 Å². The van der Waals surface area contributed by atoms with E-state index < -0.39 is 0 Å². The standard InChI is InChI=1S/C23H23ClO5/c1-26-19-4-2-3-5-20(19)29-22-14-28-21-12-17(10-11-18(21)23(22)25)27-13-15-6-8-16(24)9-7-15/h2-9,14,17-18,21H,10-13H2,1H3. The molecule has 1 aliphatic heterocycles. The van der Waals surface area contributed by atoms with Crippen molar-refractivity contribution >= 4 is 17.4 Å². The molecule has 2 aliphatic rings. The van der Waals surface area contributed by atoms with E-state index in [1.165, 1.54) is 6.26 Å². The van der Waals surface area contributed by atoms with Crippen molar-refractivity contribution in [2.45, 2.75) is 38.1 Å². The number of rotatable bonds is 6. The molecule has 2 aromatic carbocycles. The Balaban J connectivity index is 1.36. The van der Waals surface area contributed by atoms with E-state index in [0.29, 0.717) is 36.0 Å². The van der Waals surface area contributed by atoms with Crippen LogP contribution in [-0.2, 0) is 20.9 Å². The molecule has 3 atom stereocenters. The summed E-state index contributed by atoms with van der Waals surface area (Å²) in [5.74, 6) is 1.05. The SMILES string of the molecule is COc1ccccc1OC1=COC2CC(OCc3ccc(Cl)cc3)CCC2C1=O. The van der Waals surface area contributed by atoms with Crippen LogP contribution in [0.25, 0.3) is 0 Å². The zero-order chi connectivity index (χ0) is 20.2. The highest BCUT2D eigenvalue weighted by atomic mass is 35.5. The first kappa shape index (κ1) is 19.8. The molecule has 0 N–H and O–H groups in total. The Kier molecular flexibility index (Phi) is 6.07. The van der Waals surface area contributed by atoms with E-state index in [9.17, 15) is 4.79 Å². The van der Waals surface area contributed by atoms with E-state index in [-0.39, 0.29) is 29.7 Å². The van der Waals surface area contributed by atoms with Gasteiger partial charge in [0, 0.05) is 11.4 Å². The predicted octanol–water partition coefficient (Wildman–Crippen LogP) is 4.92. The number of Topliss-reactive ketones (excluding diaryl/α,β-unsaturated/α-hetero) is 1. The van der Waals surface area contributed by atoms with E-state index in [0.717, 1.165) is 12.0 Å². The smallest absolute Gasteiger partial charge is 0.208 e. The minimum Gasteiger partial charge on any atom is -0.493 e. The van der Waals surface area contributed by atoms with Gasteiger partial charge in [0.2, 0.25) is 11.5 Å². The maximum absolute atomic E-state index is 12.9. The monoisotopic (exact) mass is 414 g/mol. The molecule has 152 valence electrons. The molecule has 1 saturated carbocycles. The minimum atomic E-state index is -0.208. The molecule has 1 aliphatic carbocycles. The maximum Gasteiger partial charge on any atom is 0.208 e. The first-order chi connectivity index (χ1) is 14.1. The molecule has 6 heteroatoms. The molecule has 0 amide bonds. The Labute approximate surface area is 175 Å². The highest BCUT2D eigenvalue weighted by molar-refractivity contribution is 6.30. The van der Waals surface area contributed by atoms with E-state index >= 15 is 0 Å². The Morgan fingerprint density at radius 3 is 2.59 bits per heavy atom. The fourth-order valence-electron chi connectivity index (χ4n) is 3.77. The highest BCUT2D eigenvalue weighted by Gasteiger charge is 2.41. The average Bonchev–Trinajstić information content (AvgIpc) is 2.75. The fourth-order valence-corrected chi connectivity index (χ4v) is 3.90. The average molecular weight is 415 g/mol.